The average Bonchev–Trinajstić information content (AvgIpc) is 1.99. The number of pyridine rings is 1. The van der Waals surface area contributed by atoms with Gasteiger partial charge in [0.1, 0.15) is 5.75 Å². The Labute approximate surface area is 86.1 Å². The van der Waals surface area contributed by atoms with Crippen LogP contribution in [-0.4, -0.2) is 11.3 Å². The molecule has 0 atom stereocenters. The molecule has 5 heteroatoms. The molecule has 1 rings (SSSR count). The molecule has 0 bridgehead atoms. The summed E-state index contributed by atoms with van der Waals surface area (Å²) in [5.41, 5.74) is -0.00296. The lowest BCUT2D eigenvalue weighted by atomic mass is 9.88. The molecule has 1 aromatic heterocycles. The molecular formula is C10H12F3NO. The van der Waals surface area contributed by atoms with Crippen LogP contribution in [0.1, 0.15) is 26.3 Å². The van der Waals surface area contributed by atoms with Gasteiger partial charge in [-0.2, -0.15) is 0 Å². The summed E-state index contributed by atoms with van der Waals surface area (Å²) >= 11 is 0. The molecule has 0 aliphatic heterocycles. The molecule has 0 amide bonds. The van der Waals surface area contributed by atoms with Gasteiger partial charge in [0, 0.05) is 18.0 Å². The number of ether oxygens (including phenoxy) is 1. The molecule has 1 heterocycles. The molecule has 0 saturated heterocycles. The van der Waals surface area contributed by atoms with Gasteiger partial charge in [-0.25, -0.2) is 0 Å². The van der Waals surface area contributed by atoms with Crippen molar-refractivity contribution >= 4 is 0 Å². The van der Waals surface area contributed by atoms with Crippen molar-refractivity contribution in [1.82, 2.24) is 4.98 Å². The molecule has 0 aliphatic carbocycles. The quantitative estimate of drug-likeness (QED) is 0.723. The molecule has 0 aromatic carbocycles. The Hall–Kier alpha value is -1.26. The lowest BCUT2D eigenvalue weighted by Crippen LogP contribution is -2.21. The fraction of sp³-hybridized carbons (Fsp3) is 0.500. The Balaban J connectivity index is 3.08. The second-order valence-electron chi connectivity index (χ2n) is 4.17. The van der Waals surface area contributed by atoms with E-state index >= 15 is 0 Å². The zero-order valence-electron chi connectivity index (χ0n) is 8.72. The van der Waals surface area contributed by atoms with Crippen molar-refractivity contribution in [3.05, 3.63) is 24.0 Å². The van der Waals surface area contributed by atoms with Crippen LogP contribution in [0.15, 0.2) is 18.5 Å². The van der Waals surface area contributed by atoms with Crippen LogP contribution in [0.2, 0.25) is 0 Å². The summed E-state index contributed by atoms with van der Waals surface area (Å²) in [6.45, 7) is 5.40. The van der Waals surface area contributed by atoms with E-state index in [0.717, 1.165) is 0 Å². The fourth-order valence-electron chi connectivity index (χ4n) is 1.16. The Morgan fingerprint density at radius 1 is 1.20 bits per heavy atom. The van der Waals surface area contributed by atoms with Crippen LogP contribution in [0.4, 0.5) is 13.2 Å². The van der Waals surface area contributed by atoms with Crippen LogP contribution in [0, 0.1) is 0 Å². The van der Waals surface area contributed by atoms with Crippen molar-refractivity contribution in [2.24, 2.45) is 0 Å². The van der Waals surface area contributed by atoms with Crippen LogP contribution in [0.25, 0.3) is 0 Å². The minimum Gasteiger partial charge on any atom is -0.405 e. The highest BCUT2D eigenvalue weighted by Crippen LogP contribution is 2.33. The van der Waals surface area contributed by atoms with E-state index in [0.29, 0.717) is 5.56 Å². The highest BCUT2D eigenvalue weighted by Gasteiger charge is 2.33. The maximum absolute atomic E-state index is 12.1. The van der Waals surface area contributed by atoms with E-state index in [2.05, 4.69) is 9.72 Å². The molecule has 1 aromatic rings. The molecule has 0 fully saturated rings. The van der Waals surface area contributed by atoms with E-state index in [-0.39, 0.29) is 5.75 Å². The summed E-state index contributed by atoms with van der Waals surface area (Å²) in [6.07, 6.45) is -2.00. The van der Waals surface area contributed by atoms with Crippen LogP contribution in [0.5, 0.6) is 5.75 Å². The highest BCUT2D eigenvalue weighted by molar-refractivity contribution is 5.35. The van der Waals surface area contributed by atoms with Crippen LogP contribution in [0.3, 0.4) is 0 Å². The molecule has 2 nitrogen and oxygen atoms in total. The standard InChI is InChI=1S/C10H12F3NO/c1-9(2,3)7-6-14-5-4-8(7)15-10(11,12)13/h4-6H,1-3H3. The van der Waals surface area contributed by atoms with Crippen molar-refractivity contribution in [3.8, 4) is 5.75 Å². The van der Waals surface area contributed by atoms with Crippen molar-refractivity contribution in [1.29, 1.82) is 0 Å². The van der Waals surface area contributed by atoms with Crippen LogP contribution >= 0.6 is 0 Å². The van der Waals surface area contributed by atoms with Crippen LogP contribution in [-0.2, 0) is 5.41 Å². The summed E-state index contributed by atoms with van der Waals surface area (Å²) in [6, 6.07) is 1.22. The van der Waals surface area contributed by atoms with Gasteiger partial charge in [-0.1, -0.05) is 20.8 Å². The lowest BCUT2D eigenvalue weighted by Gasteiger charge is -2.22. The summed E-state index contributed by atoms with van der Waals surface area (Å²) in [7, 11) is 0. The largest absolute Gasteiger partial charge is 0.573 e. The smallest absolute Gasteiger partial charge is 0.405 e. The first kappa shape index (κ1) is 11.8. The summed E-state index contributed by atoms with van der Waals surface area (Å²) in [4.78, 5) is 3.79. The zero-order chi connectivity index (χ0) is 11.7. The van der Waals surface area contributed by atoms with Gasteiger partial charge in [-0.05, 0) is 11.5 Å². The molecule has 0 N–H and O–H groups in total. The van der Waals surface area contributed by atoms with E-state index < -0.39 is 11.8 Å². The van der Waals surface area contributed by atoms with Gasteiger partial charge in [0.15, 0.2) is 0 Å². The van der Waals surface area contributed by atoms with E-state index in [4.69, 9.17) is 0 Å². The van der Waals surface area contributed by atoms with Crippen molar-refractivity contribution in [3.63, 3.8) is 0 Å². The van der Waals surface area contributed by atoms with Gasteiger partial charge in [0.05, 0.1) is 0 Å². The molecule has 15 heavy (non-hydrogen) atoms. The number of aromatic nitrogens is 1. The number of halogens is 3. The average molecular weight is 219 g/mol. The monoisotopic (exact) mass is 219 g/mol. The van der Waals surface area contributed by atoms with Gasteiger partial charge in [0.25, 0.3) is 0 Å². The van der Waals surface area contributed by atoms with Gasteiger partial charge in [-0.3, -0.25) is 4.98 Å². The first-order valence-electron chi connectivity index (χ1n) is 4.40. The molecule has 0 spiro atoms. The number of alkyl halides is 3. The predicted octanol–water partition coefficient (Wildman–Crippen LogP) is 3.28. The number of nitrogens with zero attached hydrogens (tertiary/aromatic N) is 1. The first-order chi connectivity index (χ1) is 6.70. The van der Waals surface area contributed by atoms with E-state index in [1.807, 2.05) is 0 Å². The first-order valence-corrected chi connectivity index (χ1v) is 4.40. The minimum atomic E-state index is -4.67. The Kier molecular flexibility index (Phi) is 2.93. The van der Waals surface area contributed by atoms with Crippen molar-refractivity contribution in [2.45, 2.75) is 32.5 Å². The van der Waals surface area contributed by atoms with Gasteiger partial charge < -0.3 is 4.74 Å². The second-order valence-corrected chi connectivity index (χ2v) is 4.17. The summed E-state index contributed by atoms with van der Waals surface area (Å²) in [5, 5.41) is 0. The second kappa shape index (κ2) is 3.72. The molecule has 0 aliphatic rings. The minimum absolute atomic E-state index is 0.190. The number of hydrogen-bond acceptors (Lipinski definition) is 2. The van der Waals surface area contributed by atoms with Gasteiger partial charge in [-0.15, -0.1) is 13.2 Å². The van der Waals surface area contributed by atoms with Gasteiger partial charge >= 0.3 is 6.36 Å². The maximum atomic E-state index is 12.1. The highest BCUT2D eigenvalue weighted by atomic mass is 19.4. The molecule has 0 saturated carbocycles. The topological polar surface area (TPSA) is 22.1 Å². The normalized spacial score (nSPS) is 12.7. The molecule has 0 radical (unpaired) electrons. The van der Waals surface area contributed by atoms with Crippen molar-refractivity contribution in [2.75, 3.05) is 0 Å². The van der Waals surface area contributed by atoms with Crippen molar-refractivity contribution < 1.29 is 17.9 Å². The van der Waals surface area contributed by atoms with Crippen LogP contribution < -0.4 is 4.74 Å². The molecular weight excluding hydrogens is 207 g/mol. The third-order valence-electron chi connectivity index (χ3n) is 1.81. The van der Waals surface area contributed by atoms with E-state index in [1.54, 1.807) is 20.8 Å². The number of hydrogen-bond donors (Lipinski definition) is 0. The third-order valence-corrected chi connectivity index (χ3v) is 1.81. The Morgan fingerprint density at radius 2 is 1.80 bits per heavy atom. The van der Waals surface area contributed by atoms with E-state index in [1.165, 1.54) is 18.5 Å². The number of rotatable bonds is 1. The Bertz CT molecular complexity index is 341. The third kappa shape index (κ3) is 3.42. The molecule has 0 unspecified atom stereocenters. The Morgan fingerprint density at radius 3 is 2.27 bits per heavy atom. The fourth-order valence-corrected chi connectivity index (χ4v) is 1.16. The summed E-state index contributed by atoms with van der Waals surface area (Å²) in [5.74, 6) is -0.190. The lowest BCUT2D eigenvalue weighted by molar-refractivity contribution is -0.275. The molecule has 84 valence electrons. The van der Waals surface area contributed by atoms with E-state index in [9.17, 15) is 13.2 Å². The summed E-state index contributed by atoms with van der Waals surface area (Å²) < 4.78 is 40.1. The zero-order valence-corrected chi connectivity index (χ0v) is 8.72. The van der Waals surface area contributed by atoms with Gasteiger partial charge in [0.2, 0.25) is 0 Å². The SMILES string of the molecule is CC(C)(C)c1cnccc1OC(F)(F)F. The predicted molar refractivity (Wildman–Crippen MR) is 49.6 cm³/mol. The maximum Gasteiger partial charge on any atom is 0.573 e.